The summed E-state index contributed by atoms with van der Waals surface area (Å²) in [5, 5.41) is 0.243. The fraction of sp³-hybridized carbons (Fsp3) is 1.00. The normalized spacial score (nSPS) is 42.2. The number of ether oxygens (including phenoxy) is 4. The predicted octanol–water partition coefficient (Wildman–Crippen LogP) is 7.79. The van der Waals surface area contributed by atoms with Crippen molar-refractivity contribution in [2.24, 2.45) is 34.5 Å². The molecule has 4 saturated carbocycles. The van der Waals surface area contributed by atoms with Gasteiger partial charge in [0.05, 0.1) is 12.2 Å². The molecule has 0 aromatic carbocycles. The molecule has 5 nitrogen and oxygen atoms in total. The molecular weight excluding hydrogens is 480 g/mol. The molecule has 6 heteroatoms. The van der Waals surface area contributed by atoms with E-state index in [0.717, 1.165) is 24.9 Å². The minimum absolute atomic E-state index is 0.243. The van der Waals surface area contributed by atoms with Gasteiger partial charge in [-0.05, 0) is 118 Å². The molecule has 4 aliphatic carbocycles. The minimum atomic E-state index is -1.80. The molecule has 4 aliphatic rings. The first-order valence-electron chi connectivity index (χ1n) is 15.4. The maximum Gasteiger partial charge on any atom is 0.192 e. The first-order valence-corrected chi connectivity index (χ1v) is 18.3. The molecule has 0 amide bonds. The standard InChI is InChI=1S/C31H58O5Si/c1-10-32-20-34-27-19-23-24-12-13-28(35-21-33-11-2)31(24,7)17-15-25(23)30(6)16-14-22(18-26(27)30)36-37(8,9)29(3,4)5/h22-28H,10-21H2,1-9H3/t22-,23-,24-,25-,26+,27-,28-,30+,31-/m0/s1. The summed E-state index contributed by atoms with van der Waals surface area (Å²) >= 11 is 0. The molecule has 0 aliphatic heterocycles. The van der Waals surface area contributed by atoms with Crippen LogP contribution in [0.15, 0.2) is 0 Å². The molecule has 0 radical (unpaired) electrons. The van der Waals surface area contributed by atoms with Crippen LogP contribution in [-0.4, -0.2) is 53.4 Å². The Bertz CT molecular complexity index is 752. The molecule has 0 aromatic rings. The van der Waals surface area contributed by atoms with E-state index in [1.165, 1.54) is 44.9 Å². The van der Waals surface area contributed by atoms with Crippen LogP contribution in [0.3, 0.4) is 0 Å². The molecule has 0 N–H and O–H groups in total. The van der Waals surface area contributed by atoms with Crippen molar-refractivity contribution in [3.63, 3.8) is 0 Å². The topological polar surface area (TPSA) is 46.2 Å². The summed E-state index contributed by atoms with van der Waals surface area (Å²) < 4.78 is 31.3. The van der Waals surface area contributed by atoms with Gasteiger partial charge in [0.15, 0.2) is 8.32 Å². The maximum absolute atomic E-state index is 7.02. The molecule has 0 bridgehead atoms. The highest BCUT2D eigenvalue weighted by Gasteiger charge is 2.63. The lowest BCUT2D eigenvalue weighted by Crippen LogP contribution is -2.60. The highest BCUT2D eigenvalue weighted by atomic mass is 28.4. The first-order chi connectivity index (χ1) is 17.4. The van der Waals surface area contributed by atoms with Crippen LogP contribution in [-0.2, 0) is 23.4 Å². The molecule has 4 fully saturated rings. The monoisotopic (exact) mass is 538 g/mol. The van der Waals surface area contributed by atoms with E-state index in [-0.39, 0.29) is 16.6 Å². The maximum atomic E-state index is 7.02. The summed E-state index contributed by atoms with van der Waals surface area (Å²) in [7, 11) is -1.80. The summed E-state index contributed by atoms with van der Waals surface area (Å²) in [4.78, 5) is 0. The van der Waals surface area contributed by atoms with Gasteiger partial charge < -0.3 is 23.4 Å². The van der Waals surface area contributed by atoms with Gasteiger partial charge in [0.1, 0.15) is 13.6 Å². The van der Waals surface area contributed by atoms with Crippen molar-refractivity contribution in [2.75, 3.05) is 26.8 Å². The van der Waals surface area contributed by atoms with Crippen molar-refractivity contribution in [1.82, 2.24) is 0 Å². The van der Waals surface area contributed by atoms with E-state index in [0.29, 0.717) is 49.7 Å². The average Bonchev–Trinajstić information content (AvgIpc) is 3.15. The Kier molecular flexibility index (Phi) is 9.31. The van der Waals surface area contributed by atoms with Crippen LogP contribution in [0.5, 0.6) is 0 Å². The van der Waals surface area contributed by atoms with E-state index in [9.17, 15) is 0 Å². The van der Waals surface area contributed by atoms with Gasteiger partial charge in [0.25, 0.3) is 0 Å². The third-order valence-electron chi connectivity index (χ3n) is 11.9. The largest absolute Gasteiger partial charge is 0.414 e. The summed E-state index contributed by atoms with van der Waals surface area (Å²) in [5.41, 5.74) is 0.577. The molecule has 0 heterocycles. The van der Waals surface area contributed by atoms with Crippen LogP contribution in [0.2, 0.25) is 18.1 Å². The van der Waals surface area contributed by atoms with Gasteiger partial charge in [-0.1, -0.05) is 34.6 Å². The van der Waals surface area contributed by atoms with Crippen molar-refractivity contribution >= 4 is 8.32 Å². The van der Waals surface area contributed by atoms with Gasteiger partial charge >= 0.3 is 0 Å². The Morgan fingerprint density at radius 2 is 1.38 bits per heavy atom. The quantitative estimate of drug-likeness (QED) is 0.161. The Morgan fingerprint density at radius 3 is 2.03 bits per heavy atom. The van der Waals surface area contributed by atoms with Gasteiger partial charge in [0.2, 0.25) is 0 Å². The summed E-state index contributed by atoms with van der Waals surface area (Å²) in [6.07, 6.45) is 10.8. The second-order valence-corrected chi connectivity index (χ2v) is 19.5. The van der Waals surface area contributed by atoms with Crippen LogP contribution in [0.4, 0.5) is 0 Å². The fourth-order valence-corrected chi connectivity index (χ4v) is 10.2. The van der Waals surface area contributed by atoms with Crippen molar-refractivity contribution in [1.29, 1.82) is 0 Å². The van der Waals surface area contributed by atoms with Crippen LogP contribution < -0.4 is 0 Å². The van der Waals surface area contributed by atoms with E-state index in [2.05, 4.69) is 54.6 Å². The zero-order valence-corrected chi connectivity index (χ0v) is 26.6. The first kappa shape index (κ1) is 30.0. The zero-order valence-electron chi connectivity index (χ0n) is 25.6. The molecule has 0 spiro atoms. The van der Waals surface area contributed by atoms with Gasteiger partial charge in [-0.15, -0.1) is 0 Å². The van der Waals surface area contributed by atoms with Gasteiger partial charge in [-0.2, -0.15) is 0 Å². The average molecular weight is 539 g/mol. The summed E-state index contributed by atoms with van der Waals surface area (Å²) in [5.74, 6) is 2.76. The van der Waals surface area contributed by atoms with Crippen molar-refractivity contribution < 1.29 is 23.4 Å². The van der Waals surface area contributed by atoms with Crippen LogP contribution in [0.25, 0.3) is 0 Å². The van der Waals surface area contributed by atoms with E-state index < -0.39 is 8.32 Å². The molecule has 0 aromatic heterocycles. The lowest BCUT2D eigenvalue weighted by atomic mass is 9.44. The number of hydrogen-bond acceptors (Lipinski definition) is 5. The smallest absolute Gasteiger partial charge is 0.192 e. The Hall–Kier alpha value is 0.0169. The number of fused-ring (bicyclic) bond motifs is 5. The highest BCUT2D eigenvalue weighted by Crippen LogP contribution is 2.67. The van der Waals surface area contributed by atoms with Crippen molar-refractivity contribution in [2.45, 2.75) is 136 Å². The number of rotatable bonds is 10. The summed E-state index contributed by atoms with van der Waals surface area (Å²) in [6, 6.07) is 0. The van der Waals surface area contributed by atoms with Crippen LogP contribution in [0, 0.1) is 34.5 Å². The summed E-state index contributed by atoms with van der Waals surface area (Å²) in [6.45, 7) is 23.4. The fourth-order valence-electron chi connectivity index (χ4n) is 8.77. The molecule has 37 heavy (non-hydrogen) atoms. The third-order valence-corrected chi connectivity index (χ3v) is 16.4. The lowest BCUT2D eigenvalue weighted by molar-refractivity contribution is -0.213. The van der Waals surface area contributed by atoms with E-state index in [1.807, 2.05) is 6.92 Å². The zero-order chi connectivity index (χ0) is 27.1. The third kappa shape index (κ3) is 5.77. The second kappa shape index (κ2) is 11.5. The molecule has 216 valence electrons. The van der Waals surface area contributed by atoms with Crippen LogP contribution in [0.1, 0.15) is 99.8 Å². The van der Waals surface area contributed by atoms with E-state index in [4.69, 9.17) is 23.4 Å². The molecule has 0 unspecified atom stereocenters. The highest BCUT2D eigenvalue weighted by molar-refractivity contribution is 6.74. The van der Waals surface area contributed by atoms with Gasteiger partial charge in [0, 0.05) is 19.3 Å². The molecule has 9 atom stereocenters. The van der Waals surface area contributed by atoms with Crippen molar-refractivity contribution in [3.8, 4) is 0 Å². The SMILES string of the molecule is CCOCO[C@H]1C[C@@H]2[C@H](CC[C@]3(C)[C@@H](OCOCC)CC[C@@H]23)[C@@]2(C)CC[C@H](O[Si](C)(C)C(C)(C)C)C[C@H]12. The predicted molar refractivity (Wildman–Crippen MR) is 152 cm³/mol. The Labute approximate surface area is 229 Å². The second-order valence-electron chi connectivity index (χ2n) is 14.7. The van der Waals surface area contributed by atoms with Gasteiger partial charge in [-0.25, -0.2) is 0 Å². The molecule has 4 rings (SSSR count). The van der Waals surface area contributed by atoms with Crippen LogP contribution >= 0.6 is 0 Å². The Morgan fingerprint density at radius 1 is 0.757 bits per heavy atom. The van der Waals surface area contributed by atoms with E-state index >= 15 is 0 Å². The van der Waals surface area contributed by atoms with Crippen molar-refractivity contribution in [3.05, 3.63) is 0 Å². The molecule has 0 saturated heterocycles. The molecular formula is C31H58O5Si. The van der Waals surface area contributed by atoms with Gasteiger partial charge in [-0.3, -0.25) is 0 Å². The lowest BCUT2D eigenvalue weighted by Gasteiger charge is -2.63. The minimum Gasteiger partial charge on any atom is -0.414 e. The Balaban J connectivity index is 1.54. The van der Waals surface area contributed by atoms with E-state index in [1.54, 1.807) is 0 Å². The number of hydrogen-bond donors (Lipinski definition) is 0.